The number of pyridine rings is 2. The zero-order valence-electron chi connectivity index (χ0n) is 22.0. The van der Waals surface area contributed by atoms with Crippen LogP contribution in [0.5, 0.6) is 23.3 Å². The highest BCUT2D eigenvalue weighted by Gasteiger charge is 2.71. The molecule has 3 aromatic carbocycles. The summed E-state index contributed by atoms with van der Waals surface area (Å²) in [4.78, 5) is 5.32. The smallest absolute Gasteiger partial charge is 0.404 e. The number of hydrogen-bond acceptors (Lipinski definition) is 3. The van der Waals surface area contributed by atoms with Crippen molar-refractivity contribution in [3.8, 4) is 57.2 Å². The van der Waals surface area contributed by atoms with Crippen LogP contribution in [0.15, 0.2) is 109 Å². The van der Waals surface area contributed by atoms with Gasteiger partial charge in [0.05, 0.1) is 17.8 Å². The minimum atomic E-state index is -0.794. The van der Waals surface area contributed by atoms with E-state index in [0.717, 1.165) is 51.6 Å². The molecule has 3 aromatic heterocycles. The summed E-state index contributed by atoms with van der Waals surface area (Å²) >= 11 is 0. The number of nitrogens with zero attached hydrogens (tertiary/aromatic N) is 4. The van der Waals surface area contributed by atoms with Crippen LogP contribution in [0.4, 0.5) is 0 Å². The van der Waals surface area contributed by atoms with Crippen LogP contribution >= 0.6 is 0 Å². The van der Waals surface area contributed by atoms with Crippen LogP contribution in [0, 0.1) is 13.8 Å². The average Bonchev–Trinajstić information content (AvgIpc) is 3.52. The van der Waals surface area contributed by atoms with Crippen molar-refractivity contribution < 1.29 is 18.6 Å². The molecular formula is C34H24N4O2+2. The van der Waals surface area contributed by atoms with Crippen LogP contribution in [0.1, 0.15) is 16.7 Å². The van der Waals surface area contributed by atoms with Gasteiger partial charge in [0.15, 0.2) is 17.7 Å². The van der Waals surface area contributed by atoms with Crippen LogP contribution in [0.3, 0.4) is 0 Å². The third kappa shape index (κ3) is 2.56. The van der Waals surface area contributed by atoms with Crippen molar-refractivity contribution in [2.75, 3.05) is 0 Å². The first-order chi connectivity index (χ1) is 19.6. The molecule has 6 aromatic rings. The normalized spacial score (nSPS) is 16.8. The SMILES string of the molecule is Cc1cc(-c2ccccc2)cc(C)c1-c1cn2c(n1)-c1cccc3[n+]1C21c2c(cccc2O3)Oc2cccc[n+]21. The molecule has 0 aliphatic carbocycles. The predicted molar refractivity (Wildman–Crippen MR) is 149 cm³/mol. The molecule has 0 saturated heterocycles. The maximum atomic E-state index is 6.46. The summed E-state index contributed by atoms with van der Waals surface area (Å²) in [7, 11) is 0. The summed E-state index contributed by atoms with van der Waals surface area (Å²) in [6, 6.07) is 33.3. The monoisotopic (exact) mass is 520 g/mol. The second-order valence-electron chi connectivity index (χ2n) is 10.6. The molecule has 0 fully saturated rings. The Balaban J connectivity index is 1.34. The molecule has 0 bridgehead atoms. The topological polar surface area (TPSA) is 44.0 Å². The van der Waals surface area contributed by atoms with E-state index in [2.05, 4.69) is 88.5 Å². The lowest BCUT2D eigenvalue weighted by atomic mass is 9.94. The van der Waals surface area contributed by atoms with Crippen LogP contribution in [-0.4, -0.2) is 9.55 Å². The molecule has 190 valence electrons. The molecule has 3 aliphatic heterocycles. The van der Waals surface area contributed by atoms with Crippen molar-refractivity contribution in [3.05, 3.63) is 126 Å². The van der Waals surface area contributed by atoms with Gasteiger partial charge in [0, 0.05) is 23.9 Å². The lowest BCUT2D eigenvalue weighted by Crippen LogP contribution is -2.77. The third-order valence-electron chi connectivity index (χ3n) is 8.34. The number of hydrogen-bond donors (Lipinski definition) is 0. The van der Waals surface area contributed by atoms with Gasteiger partial charge in [-0.2, -0.15) is 4.57 Å². The Bertz CT molecular complexity index is 2010. The van der Waals surface area contributed by atoms with E-state index in [1.54, 1.807) is 0 Å². The minimum absolute atomic E-state index is 0.755. The lowest BCUT2D eigenvalue weighted by Gasteiger charge is -2.31. The van der Waals surface area contributed by atoms with Crippen LogP contribution in [0.2, 0.25) is 0 Å². The largest absolute Gasteiger partial charge is 0.495 e. The molecule has 1 unspecified atom stereocenters. The molecule has 6 nitrogen and oxygen atoms in total. The van der Waals surface area contributed by atoms with Gasteiger partial charge in [-0.1, -0.05) is 57.7 Å². The van der Waals surface area contributed by atoms with Gasteiger partial charge in [-0.3, -0.25) is 0 Å². The van der Waals surface area contributed by atoms with Gasteiger partial charge < -0.3 is 9.47 Å². The zero-order valence-corrected chi connectivity index (χ0v) is 22.0. The highest BCUT2D eigenvalue weighted by atomic mass is 16.5. The van der Waals surface area contributed by atoms with Crippen molar-refractivity contribution in [2.45, 2.75) is 19.6 Å². The first kappa shape index (κ1) is 21.7. The highest BCUT2D eigenvalue weighted by molar-refractivity contribution is 5.76. The van der Waals surface area contributed by atoms with E-state index in [0.29, 0.717) is 0 Å². The van der Waals surface area contributed by atoms with Gasteiger partial charge in [0.1, 0.15) is 0 Å². The number of imidazole rings is 1. The summed E-state index contributed by atoms with van der Waals surface area (Å²) < 4.78 is 19.6. The molecule has 1 atom stereocenters. The molecule has 6 heterocycles. The maximum Gasteiger partial charge on any atom is 0.495 e. The number of aryl methyl sites for hydroxylation is 2. The zero-order chi connectivity index (χ0) is 26.6. The van der Waals surface area contributed by atoms with E-state index in [1.807, 2.05) is 48.5 Å². The lowest BCUT2D eigenvalue weighted by molar-refractivity contribution is -0.984. The molecular weight excluding hydrogens is 496 g/mol. The van der Waals surface area contributed by atoms with E-state index in [4.69, 9.17) is 14.5 Å². The Labute approximate surface area is 231 Å². The number of fused-ring (bicyclic) bond motifs is 3. The van der Waals surface area contributed by atoms with E-state index >= 15 is 0 Å². The molecule has 0 saturated carbocycles. The molecule has 6 heteroatoms. The van der Waals surface area contributed by atoms with Gasteiger partial charge in [-0.05, 0) is 60.4 Å². The van der Waals surface area contributed by atoms with Crippen LogP contribution < -0.4 is 18.6 Å². The summed E-state index contributed by atoms with van der Waals surface area (Å²) in [5.74, 6) is 3.16. The fraction of sp³-hybridized carbons (Fsp3) is 0.0882. The summed E-state index contributed by atoms with van der Waals surface area (Å²) in [6.45, 7) is 4.36. The Morgan fingerprint density at radius 2 is 1.43 bits per heavy atom. The van der Waals surface area contributed by atoms with Gasteiger partial charge in [0.2, 0.25) is 11.4 Å². The van der Waals surface area contributed by atoms with E-state index in [1.165, 1.54) is 22.3 Å². The van der Waals surface area contributed by atoms with Gasteiger partial charge >= 0.3 is 17.5 Å². The minimum Gasteiger partial charge on any atom is -0.404 e. The Hall–Kier alpha value is -5.23. The second kappa shape index (κ2) is 7.45. The van der Waals surface area contributed by atoms with Crippen molar-refractivity contribution in [1.82, 2.24) is 9.55 Å². The molecule has 0 N–H and O–H groups in total. The molecule has 0 amide bonds. The fourth-order valence-corrected chi connectivity index (χ4v) is 6.84. The number of rotatable bonds is 2. The quantitative estimate of drug-likeness (QED) is 0.249. The standard InChI is InChI=1S/C34H24N4O2/c1-21-18-24(23-10-4-3-5-11-23)19-22(2)31(21)25-20-37-33(35-25)26-12-8-16-30-38(26)34(37)32-27(13-9-14-28(32)40-30)39-29-15-6-7-17-36(29)34/h3-20H,1-2H3/q+2. The Morgan fingerprint density at radius 1 is 0.725 bits per heavy atom. The summed E-state index contributed by atoms with van der Waals surface area (Å²) in [5, 5.41) is 0. The third-order valence-corrected chi connectivity index (χ3v) is 8.34. The summed E-state index contributed by atoms with van der Waals surface area (Å²) in [5.41, 5.74) is 8.88. The highest BCUT2D eigenvalue weighted by Crippen LogP contribution is 2.51. The Kier molecular flexibility index (Phi) is 4.04. The molecule has 9 rings (SSSR count). The van der Waals surface area contributed by atoms with E-state index in [-0.39, 0.29) is 0 Å². The predicted octanol–water partition coefficient (Wildman–Crippen LogP) is 6.36. The average molecular weight is 521 g/mol. The van der Waals surface area contributed by atoms with Crippen molar-refractivity contribution >= 4 is 0 Å². The molecule has 1 spiro atoms. The van der Waals surface area contributed by atoms with Crippen LogP contribution in [0.25, 0.3) is 33.9 Å². The first-order valence-corrected chi connectivity index (χ1v) is 13.5. The maximum absolute atomic E-state index is 6.46. The number of ether oxygens (including phenoxy) is 2. The van der Waals surface area contributed by atoms with Crippen LogP contribution in [-0.2, 0) is 5.79 Å². The second-order valence-corrected chi connectivity index (χ2v) is 10.6. The molecule has 3 aliphatic rings. The number of benzene rings is 3. The van der Waals surface area contributed by atoms with Gasteiger partial charge in [-0.25, -0.2) is 4.98 Å². The number of aromatic nitrogens is 4. The van der Waals surface area contributed by atoms with Crippen molar-refractivity contribution in [3.63, 3.8) is 0 Å². The van der Waals surface area contributed by atoms with Gasteiger partial charge in [0.25, 0.3) is 5.69 Å². The summed E-state index contributed by atoms with van der Waals surface area (Å²) in [6.07, 6.45) is 4.28. The van der Waals surface area contributed by atoms with Crippen molar-refractivity contribution in [2.24, 2.45) is 0 Å². The van der Waals surface area contributed by atoms with E-state index < -0.39 is 5.79 Å². The van der Waals surface area contributed by atoms with Crippen molar-refractivity contribution in [1.29, 1.82) is 0 Å². The first-order valence-electron chi connectivity index (χ1n) is 13.5. The van der Waals surface area contributed by atoms with Gasteiger partial charge in [-0.15, -0.1) is 0 Å². The van der Waals surface area contributed by atoms with E-state index in [9.17, 15) is 0 Å². The fourth-order valence-electron chi connectivity index (χ4n) is 6.84. The molecule has 40 heavy (non-hydrogen) atoms. The molecule has 0 radical (unpaired) electrons. The Morgan fingerprint density at radius 3 is 2.23 bits per heavy atom.